The van der Waals surface area contributed by atoms with Gasteiger partial charge in [0.2, 0.25) is 0 Å². The van der Waals surface area contributed by atoms with E-state index in [1.807, 2.05) is 0 Å². The van der Waals surface area contributed by atoms with E-state index in [4.69, 9.17) is 4.74 Å². The minimum atomic E-state index is -0.390. The molecule has 1 aromatic rings. The predicted molar refractivity (Wildman–Crippen MR) is 53.6 cm³/mol. The Morgan fingerprint density at radius 1 is 1.50 bits per heavy atom. The lowest BCUT2D eigenvalue weighted by molar-refractivity contribution is -0.384. The van der Waals surface area contributed by atoms with Crippen LogP contribution in [0.25, 0.3) is 0 Å². The molecule has 1 atom stereocenters. The summed E-state index contributed by atoms with van der Waals surface area (Å²) in [6.07, 6.45) is 0.384. The van der Waals surface area contributed by atoms with Crippen molar-refractivity contribution in [3.8, 4) is 0 Å². The number of nitrogens with zero attached hydrogens (tertiary/aromatic N) is 1. The largest absolute Gasteiger partial charge is 0.372 e. The van der Waals surface area contributed by atoms with E-state index in [1.54, 1.807) is 23.9 Å². The van der Waals surface area contributed by atoms with Crippen LogP contribution >= 0.6 is 11.8 Å². The van der Waals surface area contributed by atoms with E-state index < -0.39 is 4.92 Å². The van der Waals surface area contributed by atoms with Crippen molar-refractivity contribution >= 4 is 17.4 Å². The molecule has 1 aromatic carbocycles. The topological polar surface area (TPSA) is 55.7 Å². The van der Waals surface area contributed by atoms with Crippen molar-refractivity contribution in [1.29, 1.82) is 0 Å². The van der Waals surface area contributed by atoms with E-state index >= 15 is 0 Å². The van der Waals surface area contributed by atoms with Crippen molar-refractivity contribution in [2.75, 3.05) is 12.4 Å². The van der Waals surface area contributed by atoms with Crippen LogP contribution < -0.4 is 0 Å². The quantitative estimate of drug-likeness (QED) is 0.331. The van der Waals surface area contributed by atoms with Gasteiger partial charge in [-0.05, 0) is 12.1 Å². The summed E-state index contributed by atoms with van der Waals surface area (Å²) in [6.45, 7) is 0.847. The third-order valence-corrected chi connectivity index (χ3v) is 3.03. The number of hydrogen-bond donors (Lipinski definition) is 0. The molecule has 0 amide bonds. The summed E-state index contributed by atoms with van der Waals surface area (Å²) in [5, 5.41) is 10.4. The number of non-ortho nitro benzene ring substituents is 1. The normalized spacial score (nSPS) is 19.3. The van der Waals surface area contributed by atoms with Crippen LogP contribution in [-0.2, 0) is 4.74 Å². The van der Waals surface area contributed by atoms with Crippen molar-refractivity contribution in [1.82, 2.24) is 0 Å². The molecule has 1 fully saturated rings. The van der Waals surface area contributed by atoms with E-state index in [0.717, 1.165) is 17.3 Å². The zero-order valence-corrected chi connectivity index (χ0v) is 8.20. The van der Waals surface area contributed by atoms with E-state index in [0.29, 0.717) is 6.10 Å². The van der Waals surface area contributed by atoms with Gasteiger partial charge in [-0.15, -0.1) is 11.8 Å². The molecule has 0 spiro atoms. The fraction of sp³-hybridized carbons (Fsp3) is 0.333. The van der Waals surface area contributed by atoms with Gasteiger partial charge in [0.15, 0.2) is 0 Å². The van der Waals surface area contributed by atoms with Gasteiger partial charge < -0.3 is 4.74 Å². The Morgan fingerprint density at radius 2 is 2.14 bits per heavy atom. The van der Waals surface area contributed by atoms with Gasteiger partial charge in [0, 0.05) is 22.8 Å². The van der Waals surface area contributed by atoms with Gasteiger partial charge in [0.25, 0.3) is 5.69 Å². The number of nitro groups is 1. The third kappa shape index (κ3) is 2.46. The molecule has 5 heteroatoms. The molecule has 0 bridgehead atoms. The lowest BCUT2D eigenvalue weighted by Crippen LogP contribution is -1.89. The second-order valence-electron chi connectivity index (χ2n) is 3.02. The molecular formula is C9H9NO3S. The minimum absolute atomic E-state index is 0.136. The molecule has 1 aliphatic rings. The lowest BCUT2D eigenvalue weighted by Gasteiger charge is -1.97. The van der Waals surface area contributed by atoms with Crippen molar-refractivity contribution in [3.63, 3.8) is 0 Å². The Hall–Kier alpha value is -1.07. The van der Waals surface area contributed by atoms with Crippen LogP contribution in [0.5, 0.6) is 0 Å². The number of rotatable bonds is 4. The highest BCUT2D eigenvalue weighted by molar-refractivity contribution is 7.99. The highest BCUT2D eigenvalue weighted by Gasteiger charge is 2.22. The average molecular weight is 211 g/mol. The zero-order chi connectivity index (χ0) is 9.97. The summed E-state index contributed by atoms with van der Waals surface area (Å²) in [7, 11) is 0. The molecule has 0 saturated carbocycles. The Bertz CT molecular complexity index is 334. The van der Waals surface area contributed by atoms with Gasteiger partial charge in [-0.3, -0.25) is 10.1 Å². The number of nitro benzene ring substituents is 1. The summed E-state index contributed by atoms with van der Waals surface area (Å²) in [5.74, 6) is 0.928. The van der Waals surface area contributed by atoms with Crippen LogP contribution in [0.1, 0.15) is 0 Å². The van der Waals surface area contributed by atoms with Crippen LogP contribution in [0.2, 0.25) is 0 Å². The maximum absolute atomic E-state index is 10.4. The molecule has 0 aliphatic carbocycles. The highest BCUT2D eigenvalue weighted by atomic mass is 32.2. The number of hydrogen-bond acceptors (Lipinski definition) is 4. The fourth-order valence-corrected chi connectivity index (χ4v) is 1.92. The molecule has 14 heavy (non-hydrogen) atoms. The van der Waals surface area contributed by atoms with Crippen molar-refractivity contribution < 1.29 is 9.66 Å². The maximum Gasteiger partial charge on any atom is 0.269 e. The van der Waals surface area contributed by atoms with E-state index in [-0.39, 0.29) is 5.69 Å². The van der Waals surface area contributed by atoms with E-state index in [2.05, 4.69) is 0 Å². The molecule has 0 radical (unpaired) electrons. The molecular weight excluding hydrogens is 202 g/mol. The predicted octanol–water partition coefficient (Wildman–Crippen LogP) is 2.09. The van der Waals surface area contributed by atoms with Gasteiger partial charge in [-0.2, -0.15) is 0 Å². The average Bonchev–Trinajstić information content (AvgIpc) is 2.99. The summed E-state index contributed by atoms with van der Waals surface area (Å²) in [5.41, 5.74) is 0.136. The first kappa shape index (κ1) is 9.48. The highest BCUT2D eigenvalue weighted by Crippen LogP contribution is 2.25. The molecule has 1 aliphatic heterocycles. The Labute approximate surface area is 85.4 Å². The van der Waals surface area contributed by atoms with E-state index in [1.165, 1.54) is 12.1 Å². The van der Waals surface area contributed by atoms with Gasteiger partial charge in [-0.1, -0.05) is 0 Å². The van der Waals surface area contributed by atoms with Gasteiger partial charge in [-0.25, -0.2) is 0 Å². The van der Waals surface area contributed by atoms with Crippen LogP contribution in [0, 0.1) is 10.1 Å². The Balaban J connectivity index is 1.94. The summed E-state index contributed by atoms with van der Waals surface area (Å²) < 4.78 is 5.06. The molecule has 74 valence electrons. The minimum Gasteiger partial charge on any atom is -0.372 e. The van der Waals surface area contributed by atoms with E-state index in [9.17, 15) is 10.1 Å². The molecule has 0 aromatic heterocycles. The van der Waals surface area contributed by atoms with Crippen LogP contribution in [-0.4, -0.2) is 23.4 Å². The number of benzene rings is 1. The molecule has 1 unspecified atom stereocenters. The molecule has 2 rings (SSSR count). The summed E-state index contributed by atoms with van der Waals surface area (Å²) >= 11 is 1.66. The first-order valence-corrected chi connectivity index (χ1v) is 5.23. The standard InChI is InChI=1S/C9H9NO3S/c11-10(12)7-1-3-9(4-2-7)14-6-8-5-13-8/h1-4,8H,5-6H2. The smallest absolute Gasteiger partial charge is 0.269 e. The number of epoxide rings is 1. The second-order valence-corrected chi connectivity index (χ2v) is 4.11. The van der Waals surface area contributed by atoms with Crippen molar-refractivity contribution in [3.05, 3.63) is 34.4 Å². The first-order chi connectivity index (χ1) is 6.75. The SMILES string of the molecule is O=[N+]([O-])c1ccc(SCC2CO2)cc1. The van der Waals surface area contributed by atoms with Gasteiger partial charge in [0.05, 0.1) is 17.6 Å². The van der Waals surface area contributed by atoms with Gasteiger partial charge >= 0.3 is 0 Å². The monoisotopic (exact) mass is 211 g/mol. The number of ether oxygens (including phenoxy) is 1. The second kappa shape index (κ2) is 3.98. The lowest BCUT2D eigenvalue weighted by atomic mass is 10.3. The van der Waals surface area contributed by atoms with Gasteiger partial charge in [0.1, 0.15) is 0 Å². The summed E-state index contributed by atoms with van der Waals surface area (Å²) in [4.78, 5) is 11.0. The first-order valence-electron chi connectivity index (χ1n) is 4.24. The van der Waals surface area contributed by atoms with Crippen molar-refractivity contribution in [2.24, 2.45) is 0 Å². The van der Waals surface area contributed by atoms with Crippen molar-refractivity contribution in [2.45, 2.75) is 11.0 Å². The molecule has 1 heterocycles. The Kier molecular flexibility index (Phi) is 2.69. The third-order valence-electron chi connectivity index (χ3n) is 1.89. The summed E-state index contributed by atoms with van der Waals surface area (Å²) in [6, 6.07) is 6.59. The van der Waals surface area contributed by atoms with Crippen LogP contribution in [0.4, 0.5) is 5.69 Å². The van der Waals surface area contributed by atoms with Crippen LogP contribution in [0.3, 0.4) is 0 Å². The Morgan fingerprint density at radius 3 is 2.64 bits per heavy atom. The zero-order valence-electron chi connectivity index (χ0n) is 7.38. The van der Waals surface area contributed by atoms with Crippen LogP contribution in [0.15, 0.2) is 29.2 Å². The fourth-order valence-electron chi connectivity index (χ4n) is 1.02. The molecule has 4 nitrogen and oxygen atoms in total. The molecule has 0 N–H and O–H groups in total. The maximum atomic E-state index is 10.4. The number of thioether (sulfide) groups is 1. The molecule has 1 saturated heterocycles.